The molecular weight excluding hydrogens is 448 g/mol. The Bertz CT molecular complexity index is 919. The Balaban J connectivity index is 1.59. The molecule has 0 aromatic heterocycles. The summed E-state index contributed by atoms with van der Waals surface area (Å²) in [7, 11) is 2.94. The quantitative estimate of drug-likeness (QED) is 0.338. The van der Waals surface area contributed by atoms with Crippen LogP contribution in [0, 0.1) is 0 Å². The molecule has 0 spiro atoms. The van der Waals surface area contributed by atoms with Gasteiger partial charge in [0, 0.05) is 12.8 Å². The molecule has 0 atom stereocenters. The van der Waals surface area contributed by atoms with Gasteiger partial charge in [-0.1, -0.05) is 24.3 Å². The summed E-state index contributed by atoms with van der Waals surface area (Å²) in [6.07, 6.45) is -0.458. The second kappa shape index (κ2) is 13.8. The summed E-state index contributed by atoms with van der Waals surface area (Å²) in [5, 5.41) is 0. The van der Waals surface area contributed by atoms with Gasteiger partial charge in [-0.15, -0.1) is 0 Å². The maximum absolute atomic E-state index is 11.8. The van der Waals surface area contributed by atoms with Crippen LogP contribution in [-0.4, -0.2) is 51.1 Å². The van der Waals surface area contributed by atoms with Crippen molar-refractivity contribution in [3.63, 3.8) is 0 Å². The van der Waals surface area contributed by atoms with Crippen molar-refractivity contribution < 1.29 is 38.1 Å². The summed E-state index contributed by atoms with van der Waals surface area (Å²) in [4.78, 5) is 47.2. The number of amides is 4. The highest BCUT2D eigenvalue weighted by atomic mass is 16.5. The van der Waals surface area contributed by atoms with Crippen LogP contribution in [0.3, 0.4) is 0 Å². The van der Waals surface area contributed by atoms with E-state index in [1.807, 2.05) is 0 Å². The molecule has 0 fully saturated rings. The minimum Gasteiger partial charge on any atom is -0.493 e. The van der Waals surface area contributed by atoms with E-state index in [0.717, 1.165) is 0 Å². The summed E-state index contributed by atoms with van der Waals surface area (Å²) < 4.78 is 20.9. The molecule has 0 saturated carbocycles. The number of methoxy groups -OCH3 is 2. The van der Waals surface area contributed by atoms with E-state index in [4.69, 9.17) is 18.9 Å². The van der Waals surface area contributed by atoms with E-state index in [9.17, 15) is 19.2 Å². The first-order valence-electron chi connectivity index (χ1n) is 10.1. The van der Waals surface area contributed by atoms with Crippen molar-refractivity contribution in [2.45, 2.75) is 12.8 Å². The van der Waals surface area contributed by atoms with Crippen LogP contribution in [0.1, 0.15) is 12.8 Å². The standard InChI is InChI=1S/C22H26N4O8/c1-31-15-7-3-5-9-17(15)33-13-21(29)25-23-19(27)11-12-20(28)24-26-22(30)14-34-18-10-6-4-8-16(18)32-2/h3-10H,11-14H2,1-2H3,(H,23,27)(H,24,28)(H,25,29)(H,26,30). The van der Waals surface area contributed by atoms with Crippen LogP contribution in [0.5, 0.6) is 23.0 Å². The van der Waals surface area contributed by atoms with E-state index in [0.29, 0.717) is 23.0 Å². The molecule has 0 bridgehead atoms. The molecular formula is C22H26N4O8. The van der Waals surface area contributed by atoms with Crippen molar-refractivity contribution in [2.75, 3.05) is 27.4 Å². The van der Waals surface area contributed by atoms with Crippen LogP contribution in [0.4, 0.5) is 0 Å². The normalized spacial score (nSPS) is 9.82. The average molecular weight is 474 g/mol. The second-order valence-electron chi connectivity index (χ2n) is 6.57. The van der Waals surface area contributed by atoms with Gasteiger partial charge >= 0.3 is 0 Å². The van der Waals surface area contributed by atoms with E-state index in [-0.39, 0.29) is 26.1 Å². The highest BCUT2D eigenvalue weighted by Crippen LogP contribution is 2.26. The molecule has 0 radical (unpaired) electrons. The Morgan fingerprint density at radius 2 is 0.882 bits per heavy atom. The monoisotopic (exact) mass is 474 g/mol. The number of hydrogen-bond donors (Lipinski definition) is 4. The summed E-state index contributed by atoms with van der Waals surface area (Å²) in [6, 6.07) is 13.6. The lowest BCUT2D eigenvalue weighted by Crippen LogP contribution is -2.45. The third kappa shape index (κ3) is 8.94. The second-order valence-corrected chi connectivity index (χ2v) is 6.57. The van der Waals surface area contributed by atoms with Crippen molar-refractivity contribution in [2.24, 2.45) is 0 Å². The maximum atomic E-state index is 11.8. The number of hydrogen-bond acceptors (Lipinski definition) is 8. The number of rotatable bonds is 11. The lowest BCUT2D eigenvalue weighted by Gasteiger charge is -2.12. The van der Waals surface area contributed by atoms with Crippen molar-refractivity contribution in [1.82, 2.24) is 21.7 Å². The number of ether oxygens (including phenoxy) is 4. The molecule has 4 N–H and O–H groups in total. The van der Waals surface area contributed by atoms with Crippen molar-refractivity contribution in [3.8, 4) is 23.0 Å². The van der Waals surface area contributed by atoms with E-state index in [1.54, 1.807) is 48.5 Å². The zero-order valence-corrected chi connectivity index (χ0v) is 18.7. The third-order valence-electron chi connectivity index (χ3n) is 4.12. The van der Waals surface area contributed by atoms with Crippen LogP contribution >= 0.6 is 0 Å². The van der Waals surface area contributed by atoms with Gasteiger partial charge in [-0.25, -0.2) is 0 Å². The molecule has 182 valence electrons. The summed E-state index contributed by atoms with van der Waals surface area (Å²) in [5.41, 5.74) is 8.68. The minimum absolute atomic E-state index is 0.229. The van der Waals surface area contributed by atoms with E-state index < -0.39 is 23.6 Å². The first-order chi connectivity index (χ1) is 16.4. The van der Waals surface area contributed by atoms with Crippen LogP contribution in [0.2, 0.25) is 0 Å². The van der Waals surface area contributed by atoms with Gasteiger partial charge in [0.05, 0.1) is 14.2 Å². The molecule has 12 heteroatoms. The molecule has 0 unspecified atom stereocenters. The first-order valence-corrected chi connectivity index (χ1v) is 10.1. The molecule has 34 heavy (non-hydrogen) atoms. The Morgan fingerprint density at radius 1 is 0.559 bits per heavy atom. The van der Waals surface area contributed by atoms with Gasteiger partial charge in [0.15, 0.2) is 36.2 Å². The molecule has 2 aromatic carbocycles. The van der Waals surface area contributed by atoms with E-state index in [2.05, 4.69) is 21.7 Å². The molecule has 2 aromatic rings. The molecule has 0 aliphatic carbocycles. The number of para-hydroxylation sites is 4. The fourth-order valence-electron chi connectivity index (χ4n) is 2.47. The molecule has 0 heterocycles. The topological polar surface area (TPSA) is 153 Å². The van der Waals surface area contributed by atoms with Crippen LogP contribution in [0.15, 0.2) is 48.5 Å². The Morgan fingerprint density at radius 3 is 1.24 bits per heavy atom. The van der Waals surface area contributed by atoms with Gasteiger partial charge in [-0.3, -0.25) is 40.9 Å². The molecule has 12 nitrogen and oxygen atoms in total. The predicted octanol–water partition coefficient (Wildman–Crippen LogP) is 0.237. The number of benzene rings is 2. The van der Waals surface area contributed by atoms with Gasteiger partial charge in [-0.05, 0) is 24.3 Å². The molecule has 0 aliphatic heterocycles. The fraction of sp³-hybridized carbons (Fsp3) is 0.273. The number of carbonyl (C=O) groups excluding carboxylic acids is 4. The first kappa shape index (κ1) is 25.8. The zero-order valence-electron chi connectivity index (χ0n) is 18.7. The van der Waals surface area contributed by atoms with Gasteiger partial charge in [-0.2, -0.15) is 0 Å². The third-order valence-corrected chi connectivity index (χ3v) is 4.12. The smallest absolute Gasteiger partial charge is 0.276 e. The summed E-state index contributed by atoms with van der Waals surface area (Å²) >= 11 is 0. The average Bonchev–Trinajstić information content (AvgIpc) is 2.87. The van der Waals surface area contributed by atoms with Crippen LogP contribution in [-0.2, 0) is 19.2 Å². The lowest BCUT2D eigenvalue weighted by atomic mass is 10.3. The SMILES string of the molecule is COc1ccccc1OCC(=O)NNC(=O)CCC(=O)NNC(=O)COc1ccccc1OC. The molecule has 2 rings (SSSR count). The summed E-state index contributed by atoms with van der Waals surface area (Å²) in [5.74, 6) is -0.750. The summed E-state index contributed by atoms with van der Waals surface area (Å²) in [6.45, 7) is -0.714. The minimum atomic E-state index is -0.606. The van der Waals surface area contributed by atoms with E-state index in [1.165, 1.54) is 14.2 Å². The van der Waals surface area contributed by atoms with Crippen LogP contribution < -0.4 is 40.7 Å². The fourth-order valence-corrected chi connectivity index (χ4v) is 2.47. The van der Waals surface area contributed by atoms with Gasteiger partial charge in [0.1, 0.15) is 0 Å². The molecule has 4 amide bonds. The number of nitrogens with one attached hydrogen (secondary N) is 4. The Labute approximate surface area is 195 Å². The van der Waals surface area contributed by atoms with Crippen LogP contribution in [0.25, 0.3) is 0 Å². The largest absolute Gasteiger partial charge is 0.493 e. The Kier molecular flexibility index (Phi) is 10.5. The molecule has 0 aliphatic rings. The van der Waals surface area contributed by atoms with Crippen molar-refractivity contribution in [1.29, 1.82) is 0 Å². The van der Waals surface area contributed by atoms with Gasteiger partial charge < -0.3 is 18.9 Å². The number of carbonyl (C=O) groups is 4. The van der Waals surface area contributed by atoms with Crippen molar-refractivity contribution in [3.05, 3.63) is 48.5 Å². The highest BCUT2D eigenvalue weighted by molar-refractivity contribution is 5.87. The highest BCUT2D eigenvalue weighted by Gasteiger charge is 2.11. The van der Waals surface area contributed by atoms with Gasteiger partial charge in [0.25, 0.3) is 11.8 Å². The van der Waals surface area contributed by atoms with Gasteiger partial charge in [0.2, 0.25) is 11.8 Å². The zero-order chi connectivity index (χ0) is 24.8. The Hall–Kier alpha value is -4.48. The van der Waals surface area contributed by atoms with Crippen molar-refractivity contribution >= 4 is 23.6 Å². The number of hydrazine groups is 2. The maximum Gasteiger partial charge on any atom is 0.276 e. The lowest BCUT2D eigenvalue weighted by molar-refractivity contribution is -0.132. The molecule has 0 saturated heterocycles. The van der Waals surface area contributed by atoms with E-state index >= 15 is 0 Å². The predicted molar refractivity (Wildman–Crippen MR) is 119 cm³/mol.